The number of ether oxygens (including phenoxy) is 2. The van der Waals surface area contributed by atoms with Crippen LogP contribution < -0.4 is 0 Å². The van der Waals surface area contributed by atoms with Crippen LogP contribution in [0.2, 0.25) is 25.7 Å². The van der Waals surface area contributed by atoms with Gasteiger partial charge in [0.05, 0.1) is 6.10 Å². The van der Waals surface area contributed by atoms with E-state index < -0.39 is 8.07 Å². The van der Waals surface area contributed by atoms with Gasteiger partial charge in [-0.1, -0.05) is 19.6 Å². The summed E-state index contributed by atoms with van der Waals surface area (Å²) in [6.45, 7) is 10.3. The first kappa shape index (κ1) is 16.8. The fourth-order valence-corrected chi connectivity index (χ4v) is 2.47. The summed E-state index contributed by atoms with van der Waals surface area (Å²) in [5.74, 6) is 0. The Balaban J connectivity index is 2.14. The Morgan fingerprint density at radius 1 is 1.32 bits per heavy atom. The van der Waals surface area contributed by atoms with Crippen LogP contribution in [0.1, 0.15) is 12.6 Å². The van der Waals surface area contributed by atoms with Crippen molar-refractivity contribution in [3.8, 4) is 0 Å². The van der Waals surface area contributed by atoms with Crippen LogP contribution in [0.5, 0.6) is 0 Å². The zero-order chi connectivity index (χ0) is 14.3. The van der Waals surface area contributed by atoms with Crippen molar-refractivity contribution in [3.05, 3.63) is 28.5 Å². The molecule has 0 N–H and O–H groups in total. The summed E-state index contributed by atoms with van der Waals surface area (Å²) in [6, 6.07) is 5.19. The number of hydrogen-bond acceptors (Lipinski definition) is 3. The zero-order valence-electron chi connectivity index (χ0n) is 12.3. The third-order valence-corrected chi connectivity index (χ3v) is 4.89. The molecule has 0 amide bonds. The Kier molecular flexibility index (Phi) is 7.21. The molecule has 0 saturated heterocycles. The van der Waals surface area contributed by atoms with Gasteiger partial charge in [0.15, 0.2) is 0 Å². The van der Waals surface area contributed by atoms with Crippen LogP contribution in [0.15, 0.2) is 22.8 Å². The lowest BCUT2D eigenvalue weighted by Gasteiger charge is -2.17. The van der Waals surface area contributed by atoms with E-state index in [0.29, 0.717) is 6.79 Å². The molecule has 3 nitrogen and oxygen atoms in total. The van der Waals surface area contributed by atoms with E-state index in [1.807, 2.05) is 25.3 Å². The Bertz CT molecular complexity index is 365. The first-order valence-electron chi connectivity index (χ1n) is 6.66. The van der Waals surface area contributed by atoms with E-state index in [1.165, 1.54) is 6.04 Å². The topological polar surface area (TPSA) is 31.4 Å². The average Bonchev–Trinajstić information content (AvgIpc) is 2.30. The summed E-state index contributed by atoms with van der Waals surface area (Å²) in [7, 11) is -0.996. The van der Waals surface area contributed by atoms with Crippen LogP contribution in [-0.4, -0.2) is 32.6 Å². The number of hydrogen-bond donors (Lipinski definition) is 0. The molecule has 1 aromatic rings. The summed E-state index contributed by atoms with van der Waals surface area (Å²) in [5.41, 5.74) is 1.04. The molecule has 0 saturated carbocycles. The summed E-state index contributed by atoms with van der Waals surface area (Å²) in [4.78, 5) is 4.33. The molecule has 0 aromatic carbocycles. The molecule has 1 rings (SSSR count). The number of pyridine rings is 1. The number of aromatic nitrogens is 1. The van der Waals surface area contributed by atoms with Gasteiger partial charge in [-0.05, 0) is 41.0 Å². The molecule has 1 unspecified atom stereocenters. The molecule has 0 fully saturated rings. The highest BCUT2D eigenvalue weighted by Gasteiger charge is 2.12. The van der Waals surface area contributed by atoms with Crippen molar-refractivity contribution in [1.29, 1.82) is 0 Å². The van der Waals surface area contributed by atoms with Crippen molar-refractivity contribution >= 4 is 24.0 Å². The molecule has 108 valence electrons. The van der Waals surface area contributed by atoms with Crippen molar-refractivity contribution in [2.45, 2.75) is 45.1 Å². The van der Waals surface area contributed by atoms with Crippen molar-refractivity contribution < 1.29 is 9.47 Å². The van der Waals surface area contributed by atoms with Crippen molar-refractivity contribution in [2.24, 2.45) is 0 Å². The smallest absolute Gasteiger partial charge is 0.147 e. The molecule has 1 aromatic heterocycles. The van der Waals surface area contributed by atoms with Crippen LogP contribution in [0, 0.1) is 0 Å². The minimum atomic E-state index is -0.996. The van der Waals surface area contributed by atoms with Crippen molar-refractivity contribution in [1.82, 2.24) is 4.98 Å². The molecule has 0 bridgehead atoms. The maximum Gasteiger partial charge on any atom is 0.147 e. The molecule has 0 aliphatic carbocycles. The van der Waals surface area contributed by atoms with Gasteiger partial charge in [0.1, 0.15) is 6.79 Å². The molecule has 0 aliphatic heterocycles. The van der Waals surface area contributed by atoms with E-state index in [1.54, 1.807) is 0 Å². The van der Waals surface area contributed by atoms with Crippen LogP contribution in [0.3, 0.4) is 0 Å². The Labute approximate surface area is 125 Å². The van der Waals surface area contributed by atoms with Gasteiger partial charge in [0, 0.05) is 37.5 Å². The average molecular weight is 346 g/mol. The molecular weight excluding hydrogens is 322 g/mol. The van der Waals surface area contributed by atoms with E-state index in [-0.39, 0.29) is 6.10 Å². The van der Waals surface area contributed by atoms with Gasteiger partial charge >= 0.3 is 0 Å². The largest absolute Gasteiger partial charge is 0.356 e. The van der Waals surface area contributed by atoms with Gasteiger partial charge in [-0.3, -0.25) is 4.98 Å². The van der Waals surface area contributed by atoms with E-state index >= 15 is 0 Å². The Hall–Kier alpha value is -0.233. The standard InChI is InChI=1S/C14H24BrNO2Si/c1-12(9-14-6-5-13(15)10-16-14)18-11-17-7-8-19(2,3)4/h5-6,10,12H,7-9,11H2,1-4H3. The fraction of sp³-hybridized carbons (Fsp3) is 0.643. The second kappa shape index (κ2) is 8.14. The quantitative estimate of drug-likeness (QED) is 0.403. The summed E-state index contributed by atoms with van der Waals surface area (Å²) < 4.78 is 12.2. The lowest BCUT2D eigenvalue weighted by molar-refractivity contribution is -0.0801. The molecule has 19 heavy (non-hydrogen) atoms. The predicted octanol–water partition coefficient (Wildman–Crippen LogP) is 4.10. The van der Waals surface area contributed by atoms with Gasteiger partial charge < -0.3 is 9.47 Å². The SMILES string of the molecule is CC(Cc1ccc(Br)cn1)OCOCC[Si](C)(C)C. The van der Waals surface area contributed by atoms with Crippen LogP contribution in [0.25, 0.3) is 0 Å². The van der Waals surface area contributed by atoms with Crippen LogP contribution >= 0.6 is 15.9 Å². The molecule has 0 radical (unpaired) electrons. The molecular formula is C14H24BrNO2Si. The van der Waals surface area contributed by atoms with Crippen LogP contribution in [0.4, 0.5) is 0 Å². The molecule has 1 atom stereocenters. The highest BCUT2D eigenvalue weighted by Crippen LogP contribution is 2.10. The number of nitrogens with zero attached hydrogens (tertiary/aromatic N) is 1. The predicted molar refractivity (Wildman–Crippen MR) is 85.2 cm³/mol. The third kappa shape index (κ3) is 8.52. The lowest BCUT2D eigenvalue weighted by Crippen LogP contribution is -2.22. The first-order chi connectivity index (χ1) is 8.87. The van der Waals surface area contributed by atoms with E-state index in [2.05, 4.69) is 40.6 Å². The van der Waals surface area contributed by atoms with Gasteiger partial charge in [-0.25, -0.2) is 0 Å². The Morgan fingerprint density at radius 2 is 2.05 bits per heavy atom. The van der Waals surface area contributed by atoms with Crippen molar-refractivity contribution in [3.63, 3.8) is 0 Å². The van der Waals surface area contributed by atoms with Gasteiger partial charge in [0.25, 0.3) is 0 Å². The molecule has 1 heterocycles. The molecule has 5 heteroatoms. The van der Waals surface area contributed by atoms with E-state index in [0.717, 1.165) is 23.2 Å². The maximum atomic E-state index is 5.63. The zero-order valence-corrected chi connectivity index (χ0v) is 14.9. The van der Waals surface area contributed by atoms with Gasteiger partial charge in [0.2, 0.25) is 0 Å². The van der Waals surface area contributed by atoms with E-state index in [9.17, 15) is 0 Å². The van der Waals surface area contributed by atoms with Crippen LogP contribution in [-0.2, 0) is 15.9 Å². The van der Waals surface area contributed by atoms with Gasteiger partial charge in [-0.2, -0.15) is 0 Å². The summed E-state index contributed by atoms with van der Waals surface area (Å²) >= 11 is 3.38. The number of rotatable bonds is 8. The minimum absolute atomic E-state index is 0.126. The molecule has 0 aliphatic rings. The normalized spacial score (nSPS) is 13.5. The minimum Gasteiger partial charge on any atom is -0.356 e. The fourth-order valence-electron chi connectivity index (χ4n) is 1.48. The molecule has 0 spiro atoms. The van der Waals surface area contributed by atoms with Crippen molar-refractivity contribution in [2.75, 3.05) is 13.4 Å². The number of halogens is 1. The maximum absolute atomic E-state index is 5.63. The highest BCUT2D eigenvalue weighted by atomic mass is 79.9. The first-order valence-corrected chi connectivity index (χ1v) is 11.2. The second-order valence-electron chi connectivity index (χ2n) is 5.99. The Morgan fingerprint density at radius 3 is 2.63 bits per heavy atom. The van der Waals surface area contributed by atoms with E-state index in [4.69, 9.17) is 9.47 Å². The summed E-state index contributed by atoms with van der Waals surface area (Å²) in [6.07, 6.45) is 2.75. The highest BCUT2D eigenvalue weighted by molar-refractivity contribution is 9.10. The summed E-state index contributed by atoms with van der Waals surface area (Å²) in [5, 5.41) is 0. The monoisotopic (exact) mass is 345 g/mol. The van der Waals surface area contributed by atoms with Gasteiger partial charge in [-0.15, -0.1) is 0 Å². The lowest BCUT2D eigenvalue weighted by atomic mass is 10.2. The second-order valence-corrected chi connectivity index (χ2v) is 12.5. The third-order valence-electron chi connectivity index (χ3n) is 2.72.